The minimum atomic E-state index is -4.38. The number of hydrogen-bond acceptors (Lipinski definition) is 4. The van der Waals surface area contributed by atoms with E-state index in [0.29, 0.717) is 36.5 Å². The van der Waals surface area contributed by atoms with Gasteiger partial charge in [-0.2, -0.15) is 13.2 Å². The van der Waals surface area contributed by atoms with Crippen molar-refractivity contribution >= 4 is 28.3 Å². The highest BCUT2D eigenvalue weighted by Gasteiger charge is 2.30. The van der Waals surface area contributed by atoms with Crippen molar-refractivity contribution in [1.29, 1.82) is 0 Å². The molecule has 0 aliphatic carbocycles. The van der Waals surface area contributed by atoms with Crippen molar-refractivity contribution in [1.82, 2.24) is 10.3 Å². The fraction of sp³-hybridized carbons (Fsp3) is 0.353. The Bertz CT molecular complexity index is 810. The zero-order valence-electron chi connectivity index (χ0n) is 13.6. The van der Waals surface area contributed by atoms with Crippen molar-refractivity contribution in [2.45, 2.75) is 25.4 Å². The molecule has 0 radical (unpaired) electrons. The van der Waals surface area contributed by atoms with E-state index in [1.165, 1.54) is 17.4 Å². The summed E-state index contributed by atoms with van der Waals surface area (Å²) < 4.78 is 38.3. The predicted molar refractivity (Wildman–Crippen MR) is 90.7 cm³/mol. The van der Waals surface area contributed by atoms with Gasteiger partial charge in [0.25, 0.3) is 0 Å². The van der Waals surface area contributed by atoms with Crippen LogP contribution in [0.5, 0.6) is 0 Å². The van der Waals surface area contributed by atoms with Gasteiger partial charge in [0.1, 0.15) is 0 Å². The van der Waals surface area contributed by atoms with E-state index < -0.39 is 11.7 Å². The van der Waals surface area contributed by atoms with Gasteiger partial charge in [0.15, 0.2) is 5.13 Å². The van der Waals surface area contributed by atoms with Crippen LogP contribution < -0.4 is 10.6 Å². The number of anilines is 1. The van der Waals surface area contributed by atoms with Crippen LogP contribution >= 0.6 is 11.3 Å². The lowest BCUT2D eigenvalue weighted by Gasteiger charge is -2.20. The summed E-state index contributed by atoms with van der Waals surface area (Å²) in [5.74, 6) is -0.583. The van der Waals surface area contributed by atoms with Gasteiger partial charge in [-0.25, -0.2) is 4.98 Å². The third kappa shape index (κ3) is 4.60. The van der Waals surface area contributed by atoms with E-state index >= 15 is 0 Å². The van der Waals surface area contributed by atoms with Crippen molar-refractivity contribution in [2.24, 2.45) is 5.92 Å². The summed E-state index contributed by atoms with van der Waals surface area (Å²) in [6.45, 7) is 0.299. The third-order valence-corrected chi connectivity index (χ3v) is 4.97. The number of carbonyl (C=O) groups excluding carboxylic acids is 2. The molecule has 0 bridgehead atoms. The Kier molecular flexibility index (Phi) is 5.26. The molecule has 1 aliphatic heterocycles. The number of alkyl halides is 3. The minimum absolute atomic E-state index is 0.0633. The van der Waals surface area contributed by atoms with Gasteiger partial charge in [-0.05, 0) is 18.1 Å². The van der Waals surface area contributed by atoms with Crippen molar-refractivity contribution in [3.05, 3.63) is 46.5 Å². The van der Waals surface area contributed by atoms with Crippen LogP contribution in [0.2, 0.25) is 0 Å². The maximum Gasteiger partial charge on any atom is 0.416 e. The molecular formula is C17H16F3N3O2S. The number of hydrogen-bond donors (Lipinski definition) is 2. The van der Waals surface area contributed by atoms with Gasteiger partial charge < -0.3 is 10.6 Å². The molecule has 138 valence electrons. The van der Waals surface area contributed by atoms with Gasteiger partial charge in [-0.1, -0.05) is 18.2 Å². The molecule has 2 aromatic rings. The molecule has 0 unspecified atom stereocenters. The molecule has 5 nitrogen and oxygen atoms in total. The van der Waals surface area contributed by atoms with Gasteiger partial charge >= 0.3 is 6.18 Å². The molecule has 9 heteroatoms. The van der Waals surface area contributed by atoms with Gasteiger partial charge in [-0.3, -0.25) is 9.59 Å². The first-order chi connectivity index (χ1) is 12.3. The second kappa shape index (κ2) is 7.45. The maximum absolute atomic E-state index is 12.8. The monoisotopic (exact) mass is 383 g/mol. The van der Waals surface area contributed by atoms with E-state index in [-0.39, 0.29) is 17.7 Å². The number of piperidine rings is 1. The first kappa shape index (κ1) is 18.4. The fourth-order valence-corrected chi connectivity index (χ4v) is 3.52. The van der Waals surface area contributed by atoms with Crippen molar-refractivity contribution < 1.29 is 22.8 Å². The van der Waals surface area contributed by atoms with E-state index in [1.54, 1.807) is 12.3 Å². The lowest BCUT2D eigenvalue weighted by Crippen LogP contribution is -2.40. The Balaban J connectivity index is 1.61. The molecule has 1 aromatic heterocycles. The number of benzene rings is 1. The van der Waals surface area contributed by atoms with E-state index in [9.17, 15) is 22.8 Å². The summed E-state index contributed by atoms with van der Waals surface area (Å²) in [7, 11) is 0. The van der Waals surface area contributed by atoms with Crippen LogP contribution in [-0.4, -0.2) is 23.3 Å². The van der Waals surface area contributed by atoms with Crippen molar-refractivity contribution in [3.63, 3.8) is 0 Å². The first-order valence-corrected chi connectivity index (χ1v) is 8.81. The SMILES string of the molecule is O=C1CC[C@H](C(=O)Nc2ncc(Cc3cccc(C(F)(F)F)c3)s2)CN1. The van der Waals surface area contributed by atoms with Gasteiger partial charge in [0.2, 0.25) is 11.8 Å². The lowest BCUT2D eigenvalue weighted by atomic mass is 9.98. The number of aromatic nitrogens is 1. The fourth-order valence-electron chi connectivity index (χ4n) is 2.67. The summed E-state index contributed by atoms with van der Waals surface area (Å²) in [6, 6.07) is 5.14. The van der Waals surface area contributed by atoms with Crippen LogP contribution in [0.4, 0.5) is 18.3 Å². The van der Waals surface area contributed by atoms with Crippen LogP contribution in [-0.2, 0) is 22.2 Å². The average Bonchev–Trinajstić information content (AvgIpc) is 3.02. The quantitative estimate of drug-likeness (QED) is 0.852. The Morgan fingerprint density at radius 1 is 1.38 bits per heavy atom. The zero-order chi connectivity index (χ0) is 18.7. The first-order valence-electron chi connectivity index (χ1n) is 7.99. The second-order valence-corrected chi connectivity index (χ2v) is 7.15. The van der Waals surface area contributed by atoms with E-state index in [1.807, 2.05) is 0 Å². The Morgan fingerprint density at radius 3 is 2.88 bits per heavy atom. The molecule has 3 rings (SSSR count). The van der Waals surface area contributed by atoms with Crippen LogP contribution in [0.15, 0.2) is 30.5 Å². The molecule has 1 atom stereocenters. The van der Waals surface area contributed by atoms with Crippen molar-refractivity contribution in [3.8, 4) is 0 Å². The number of nitrogens with zero attached hydrogens (tertiary/aromatic N) is 1. The number of amides is 2. The molecule has 1 saturated heterocycles. The molecule has 1 fully saturated rings. The topological polar surface area (TPSA) is 71.1 Å². The van der Waals surface area contributed by atoms with E-state index in [0.717, 1.165) is 17.0 Å². The van der Waals surface area contributed by atoms with Crippen LogP contribution in [0, 0.1) is 5.92 Å². The maximum atomic E-state index is 12.8. The Hall–Kier alpha value is -2.42. The molecule has 0 spiro atoms. The van der Waals surface area contributed by atoms with Crippen LogP contribution in [0.3, 0.4) is 0 Å². The van der Waals surface area contributed by atoms with Crippen molar-refractivity contribution in [2.75, 3.05) is 11.9 Å². The number of carbonyl (C=O) groups is 2. The Morgan fingerprint density at radius 2 is 2.19 bits per heavy atom. The number of halogens is 3. The highest BCUT2D eigenvalue weighted by Crippen LogP contribution is 2.30. The average molecular weight is 383 g/mol. The van der Waals surface area contributed by atoms with Gasteiger partial charge in [-0.15, -0.1) is 11.3 Å². The molecule has 1 aliphatic rings. The summed E-state index contributed by atoms with van der Waals surface area (Å²) in [5.41, 5.74) is -0.163. The zero-order valence-corrected chi connectivity index (χ0v) is 14.4. The third-order valence-electron chi connectivity index (χ3n) is 4.05. The standard InChI is InChI=1S/C17H16F3N3O2S/c18-17(19,20)12-3-1-2-10(6-12)7-13-9-22-16(26-13)23-15(25)11-4-5-14(24)21-8-11/h1-3,6,9,11H,4-5,7-8H2,(H,21,24)(H,22,23,25)/t11-/m0/s1. The number of thiazole rings is 1. The van der Waals surface area contributed by atoms with E-state index in [4.69, 9.17) is 0 Å². The molecule has 2 heterocycles. The lowest BCUT2D eigenvalue weighted by molar-refractivity contribution is -0.137. The molecule has 2 N–H and O–H groups in total. The highest BCUT2D eigenvalue weighted by atomic mass is 32.1. The highest BCUT2D eigenvalue weighted by molar-refractivity contribution is 7.15. The van der Waals surface area contributed by atoms with E-state index in [2.05, 4.69) is 15.6 Å². The van der Waals surface area contributed by atoms with Crippen LogP contribution in [0.1, 0.15) is 28.8 Å². The molecule has 1 aromatic carbocycles. The summed E-state index contributed by atoms with van der Waals surface area (Å²) >= 11 is 1.22. The smallest absolute Gasteiger partial charge is 0.355 e. The summed E-state index contributed by atoms with van der Waals surface area (Å²) in [5, 5.41) is 5.75. The number of nitrogens with one attached hydrogen (secondary N) is 2. The summed E-state index contributed by atoms with van der Waals surface area (Å²) in [4.78, 5) is 28.2. The second-order valence-electron chi connectivity index (χ2n) is 6.04. The van der Waals surface area contributed by atoms with Gasteiger partial charge in [0.05, 0.1) is 11.5 Å². The normalized spacial score (nSPS) is 17.7. The molecule has 0 saturated carbocycles. The predicted octanol–water partition coefficient (Wildman–Crippen LogP) is 3.22. The number of rotatable bonds is 4. The largest absolute Gasteiger partial charge is 0.416 e. The minimum Gasteiger partial charge on any atom is -0.355 e. The van der Waals surface area contributed by atoms with Gasteiger partial charge in [0, 0.05) is 30.5 Å². The molecular weight excluding hydrogens is 367 g/mol. The Labute approximate surface area is 151 Å². The molecule has 2 amide bonds. The molecule has 26 heavy (non-hydrogen) atoms. The van der Waals surface area contributed by atoms with Crippen LogP contribution in [0.25, 0.3) is 0 Å². The summed E-state index contributed by atoms with van der Waals surface area (Å²) in [6.07, 6.45) is -1.73.